The Morgan fingerprint density at radius 3 is 2.33 bits per heavy atom. The molecule has 1 aliphatic heterocycles. The van der Waals surface area contributed by atoms with Crippen LogP contribution >= 0.6 is 0 Å². The van der Waals surface area contributed by atoms with Crippen LogP contribution in [0.3, 0.4) is 0 Å². The van der Waals surface area contributed by atoms with E-state index < -0.39 is 6.10 Å². The van der Waals surface area contributed by atoms with Crippen LogP contribution in [-0.2, 0) is 9.59 Å². The molecule has 0 spiro atoms. The lowest BCUT2D eigenvalue weighted by atomic mass is 10.1. The maximum absolute atomic E-state index is 12.1. The van der Waals surface area contributed by atoms with Crippen LogP contribution in [0.15, 0.2) is 24.3 Å². The molecule has 1 saturated heterocycles. The molecule has 1 heterocycles. The first kappa shape index (κ1) is 18.5. The maximum Gasteiger partial charge on any atom is 0.223 e. The van der Waals surface area contributed by atoms with Gasteiger partial charge in [0.2, 0.25) is 11.8 Å². The molecule has 5 heteroatoms. The summed E-state index contributed by atoms with van der Waals surface area (Å²) >= 11 is 0. The van der Waals surface area contributed by atoms with Crippen molar-refractivity contribution in [1.82, 2.24) is 10.2 Å². The number of aliphatic hydroxyl groups is 1. The molecular formula is C19H28N2O3. The molecule has 1 aliphatic rings. The minimum atomic E-state index is -0.726. The summed E-state index contributed by atoms with van der Waals surface area (Å²) in [7, 11) is 0. The molecule has 1 aromatic carbocycles. The second-order valence-electron chi connectivity index (χ2n) is 6.53. The van der Waals surface area contributed by atoms with Crippen LogP contribution < -0.4 is 5.32 Å². The summed E-state index contributed by atoms with van der Waals surface area (Å²) in [6.45, 7) is 3.78. The number of benzene rings is 1. The average molecular weight is 332 g/mol. The fourth-order valence-electron chi connectivity index (χ4n) is 2.90. The number of nitrogens with zero attached hydrogens (tertiary/aromatic N) is 1. The first-order valence-electron chi connectivity index (χ1n) is 8.85. The van der Waals surface area contributed by atoms with Crippen molar-refractivity contribution in [2.75, 3.05) is 19.6 Å². The number of nitrogens with one attached hydrogen (secondary N) is 1. The molecule has 0 bridgehead atoms. The van der Waals surface area contributed by atoms with Crippen LogP contribution in [0.1, 0.15) is 55.8 Å². The monoisotopic (exact) mass is 332 g/mol. The van der Waals surface area contributed by atoms with E-state index in [0.717, 1.165) is 37.1 Å². The SMILES string of the molecule is Cc1ccc(C(O)CNC(=O)CCC(=O)N2CCCCCC2)cc1. The van der Waals surface area contributed by atoms with Gasteiger partial charge in [0.1, 0.15) is 0 Å². The lowest BCUT2D eigenvalue weighted by Gasteiger charge is -2.20. The third-order valence-electron chi connectivity index (χ3n) is 4.48. The summed E-state index contributed by atoms with van der Waals surface area (Å²) in [5.41, 5.74) is 1.91. The zero-order valence-corrected chi connectivity index (χ0v) is 14.5. The maximum atomic E-state index is 12.1. The molecule has 5 nitrogen and oxygen atoms in total. The topological polar surface area (TPSA) is 69.6 Å². The quantitative estimate of drug-likeness (QED) is 0.840. The van der Waals surface area contributed by atoms with E-state index in [1.165, 1.54) is 12.8 Å². The zero-order chi connectivity index (χ0) is 17.4. The van der Waals surface area contributed by atoms with Crippen molar-refractivity contribution in [3.8, 4) is 0 Å². The van der Waals surface area contributed by atoms with Gasteiger partial charge in [-0.1, -0.05) is 42.7 Å². The second-order valence-corrected chi connectivity index (χ2v) is 6.53. The minimum absolute atomic E-state index is 0.0612. The lowest BCUT2D eigenvalue weighted by Crippen LogP contribution is -2.34. The third kappa shape index (κ3) is 5.96. The molecule has 1 fully saturated rings. The number of hydrogen-bond acceptors (Lipinski definition) is 3. The predicted octanol–water partition coefficient (Wildman–Crippen LogP) is 2.33. The second kappa shape index (κ2) is 9.42. The summed E-state index contributed by atoms with van der Waals surface area (Å²) in [5.74, 6) is -0.129. The van der Waals surface area contributed by atoms with Gasteiger partial charge in [0.15, 0.2) is 0 Å². The van der Waals surface area contributed by atoms with Gasteiger partial charge in [-0.3, -0.25) is 9.59 Å². The van der Waals surface area contributed by atoms with Crippen molar-refractivity contribution in [2.45, 2.75) is 51.6 Å². The van der Waals surface area contributed by atoms with Gasteiger partial charge in [-0.2, -0.15) is 0 Å². The highest BCUT2D eigenvalue weighted by molar-refractivity contribution is 5.83. The highest BCUT2D eigenvalue weighted by Gasteiger charge is 2.17. The molecule has 1 aromatic rings. The minimum Gasteiger partial charge on any atom is -0.387 e. The van der Waals surface area contributed by atoms with Crippen molar-refractivity contribution < 1.29 is 14.7 Å². The molecule has 0 aliphatic carbocycles. The first-order chi connectivity index (χ1) is 11.6. The van der Waals surface area contributed by atoms with E-state index in [2.05, 4.69) is 5.32 Å². The highest BCUT2D eigenvalue weighted by Crippen LogP contribution is 2.13. The first-order valence-corrected chi connectivity index (χ1v) is 8.85. The number of likely N-dealkylation sites (tertiary alicyclic amines) is 1. The van der Waals surface area contributed by atoms with Gasteiger partial charge in [-0.15, -0.1) is 0 Å². The smallest absolute Gasteiger partial charge is 0.223 e. The van der Waals surface area contributed by atoms with Gasteiger partial charge in [0.25, 0.3) is 0 Å². The van der Waals surface area contributed by atoms with E-state index in [9.17, 15) is 14.7 Å². The molecule has 1 atom stereocenters. The average Bonchev–Trinajstić information content (AvgIpc) is 2.87. The summed E-state index contributed by atoms with van der Waals surface area (Å²) in [5, 5.41) is 12.8. The molecule has 2 rings (SSSR count). The van der Waals surface area contributed by atoms with Crippen molar-refractivity contribution in [3.05, 3.63) is 35.4 Å². The molecule has 0 aromatic heterocycles. The van der Waals surface area contributed by atoms with Crippen molar-refractivity contribution in [3.63, 3.8) is 0 Å². The molecule has 24 heavy (non-hydrogen) atoms. The number of aliphatic hydroxyl groups excluding tert-OH is 1. The van der Waals surface area contributed by atoms with Crippen LogP contribution in [0.4, 0.5) is 0 Å². The van der Waals surface area contributed by atoms with Crippen LogP contribution in [-0.4, -0.2) is 41.5 Å². The van der Waals surface area contributed by atoms with Crippen LogP contribution in [0, 0.1) is 6.92 Å². The van der Waals surface area contributed by atoms with Crippen molar-refractivity contribution in [2.24, 2.45) is 0 Å². The van der Waals surface area contributed by atoms with E-state index in [4.69, 9.17) is 0 Å². The molecule has 132 valence electrons. The number of aryl methyl sites for hydroxylation is 1. The van der Waals surface area contributed by atoms with E-state index in [1.807, 2.05) is 36.1 Å². The van der Waals surface area contributed by atoms with Crippen LogP contribution in [0.2, 0.25) is 0 Å². The van der Waals surface area contributed by atoms with Crippen LogP contribution in [0.5, 0.6) is 0 Å². The van der Waals surface area contributed by atoms with Gasteiger partial charge in [0, 0.05) is 32.5 Å². The van der Waals surface area contributed by atoms with Gasteiger partial charge >= 0.3 is 0 Å². The van der Waals surface area contributed by atoms with Gasteiger partial charge in [0.05, 0.1) is 6.10 Å². The Balaban J connectivity index is 1.69. The van der Waals surface area contributed by atoms with Gasteiger partial charge in [-0.05, 0) is 25.3 Å². The molecule has 2 amide bonds. The lowest BCUT2D eigenvalue weighted by molar-refractivity contribution is -0.133. The van der Waals surface area contributed by atoms with E-state index in [0.29, 0.717) is 0 Å². The summed E-state index contributed by atoms with van der Waals surface area (Å²) in [6.07, 6.45) is 4.17. The van der Waals surface area contributed by atoms with E-state index in [-0.39, 0.29) is 31.2 Å². The summed E-state index contributed by atoms with van der Waals surface area (Å²) in [4.78, 5) is 25.9. The zero-order valence-electron chi connectivity index (χ0n) is 14.5. The van der Waals surface area contributed by atoms with Crippen molar-refractivity contribution in [1.29, 1.82) is 0 Å². The molecule has 0 saturated carbocycles. The van der Waals surface area contributed by atoms with Crippen molar-refractivity contribution >= 4 is 11.8 Å². The molecule has 1 unspecified atom stereocenters. The van der Waals surface area contributed by atoms with Gasteiger partial charge < -0.3 is 15.3 Å². The predicted molar refractivity (Wildman–Crippen MR) is 93.4 cm³/mol. The fourth-order valence-corrected chi connectivity index (χ4v) is 2.90. The fraction of sp³-hybridized carbons (Fsp3) is 0.579. The standard InChI is InChI=1S/C19H28N2O3/c1-15-6-8-16(9-7-15)17(22)14-20-18(23)10-11-19(24)21-12-4-2-3-5-13-21/h6-9,17,22H,2-5,10-14H2,1H3,(H,20,23). The Morgan fingerprint density at radius 2 is 1.71 bits per heavy atom. The Labute approximate surface area is 144 Å². The van der Waals surface area contributed by atoms with E-state index >= 15 is 0 Å². The summed E-state index contributed by atoms with van der Waals surface area (Å²) < 4.78 is 0. The largest absolute Gasteiger partial charge is 0.387 e. The number of rotatable bonds is 6. The summed E-state index contributed by atoms with van der Waals surface area (Å²) in [6, 6.07) is 7.57. The molecule has 0 radical (unpaired) electrons. The van der Waals surface area contributed by atoms with E-state index in [1.54, 1.807) is 0 Å². The third-order valence-corrected chi connectivity index (χ3v) is 4.48. The number of carbonyl (C=O) groups is 2. The molecular weight excluding hydrogens is 304 g/mol. The van der Waals surface area contributed by atoms with Gasteiger partial charge in [-0.25, -0.2) is 0 Å². The Bertz CT molecular complexity index is 534. The number of hydrogen-bond donors (Lipinski definition) is 2. The number of amides is 2. The number of carbonyl (C=O) groups excluding carboxylic acids is 2. The Morgan fingerprint density at radius 1 is 1.08 bits per heavy atom. The Kier molecular flexibility index (Phi) is 7.25. The normalized spacial score (nSPS) is 16.3. The van der Waals surface area contributed by atoms with Crippen LogP contribution in [0.25, 0.3) is 0 Å². The Hall–Kier alpha value is -1.88. The molecule has 2 N–H and O–H groups in total. The highest BCUT2D eigenvalue weighted by atomic mass is 16.3.